The normalized spacial score (nSPS) is 11.3. The minimum atomic E-state index is -1.20. The molecule has 1 atom stereocenters. The molecule has 0 saturated heterocycles. The number of hydrogen-bond donors (Lipinski definition) is 2. The summed E-state index contributed by atoms with van der Waals surface area (Å²) in [5.41, 5.74) is 0.259. The first kappa shape index (κ1) is 16.9. The molecule has 0 heterocycles. The van der Waals surface area contributed by atoms with Crippen LogP contribution in [0.25, 0.3) is 0 Å². The predicted octanol–water partition coefficient (Wildman–Crippen LogP) is 1.92. The number of carboxylic acid groups (broad SMARTS) is 1. The first-order valence-corrected chi connectivity index (χ1v) is 6.92. The number of benzene rings is 2. The van der Waals surface area contributed by atoms with E-state index < -0.39 is 29.4 Å². The Hall–Kier alpha value is -3.42. The Bertz CT molecular complexity index is 747. The van der Waals surface area contributed by atoms with E-state index in [4.69, 9.17) is 4.74 Å². The van der Waals surface area contributed by atoms with Crippen molar-refractivity contribution in [3.63, 3.8) is 0 Å². The molecular weight excluding hydrogens is 316 g/mol. The van der Waals surface area contributed by atoms with E-state index >= 15 is 0 Å². The van der Waals surface area contributed by atoms with Crippen molar-refractivity contribution < 1.29 is 24.4 Å². The molecule has 2 rings (SSSR count). The summed E-state index contributed by atoms with van der Waals surface area (Å²) in [5.74, 6) is -1.71. The van der Waals surface area contributed by atoms with E-state index in [2.05, 4.69) is 5.32 Å². The maximum absolute atomic E-state index is 11.9. The average Bonchev–Trinajstić information content (AvgIpc) is 2.58. The van der Waals surface area contributed by atoms with Gasteiger partial charge in [-0.15, -0.1) is 0 Å². The summed E-state index contributed by atoms with van der Waals surface area (Å²) in [5, 5.41) is 22.2. The summed E-state index contributed by atoms with van der Waals surface area (Å²) < 4.78 is 5.17. The molecule has 0 aliphatic carbocycles. The van der Waals surface area contributed by atoms with Crippen LogP contribution in [0.5, 0.6) is 5.75 Å². The van der Waals surface area contributed by atoms with Gasteiger partial charge in [-0.2, -0.15) is 0 Å². The molecule has 0 spiro atoms. The van der Waals surface area contributed by atoms with Gasteiger partial charge < -0.3 is 15.2 Å². The molecule has 0 aromatic heterocycles. The zero-order valence-corrected chi connectivity index (χ0v) is 12.4. The predicted molar refractivity (Wildman–Crippen MR) is 83.6 cm³/mol. The number of nitrogens with one attached hydrogen (secondary N) is 1. The van der Waals surface area contributed by atoms with E-state index in [1.54, 1.807) is 30.3 Å². The summed E-state index contributed by atoms with van der Waals surface area (Å²) in [6.45, 7) is -0.461. The SMILES string of the molecule is O=C(COc1cccc([N+](=O)[O-])c1)NC(C(=O)O)c1ccccc1. The van der Waals surface area contributed by atoms with Gasteiger partial charge in [0.05, 0.1) is 11.0 Å². The number of carbonyl (C=O) groups is 2. The second-order valence-corrected chi connectivity index (χ2v) is 4.79. The number of carbonyl (C=O) groups excluding carboxylic acids is 1. The largest absolute Gasteiger partial charge is 0.484 e. The van der Waals surface area contributed by atoms with Crippen molar-refractivity contribution in [2.45, 2.75) is 6.04 Å². The van der Waals surface area contributed by atoms with Crippen molar-refractivity contribution >= 4 is 17.6 Å². The fraction of sp³-hybridized carbons (Fsp3) is 0.125. The van der Waals surface area contributed by atoms with Crippen molar-refractivity contribution in [1.29, 1.82) is 0 Å². The molecule has 0 aliphatic heterocycles. The van der Waals surface area contributed by atoms with Crippen LogP contribution < -0.4 is 10.1 Å². The first-order valence-electron chi connectivity index (χ1n) is 6.92. The molecule has 0 saturated carbocycles. The number of ether oxygens (including phenoxy) is 1. The second-order valence-electron chi connectivity index (χ2n) is 4.79. The van der Waals surface area contributed by atoms with Gasteiger partial charge >= 0.3 is 5.97 Å². The molecule has 8 nitrogen and oxygen atoms in total. The number of nitrogens with zero attached hydrogens (tertiary/aromatic N) is 1. The van der Waals surface area contributed by atoms with Crippen LogP contribution in [0.4, 0.5) is 5.69 Å². The highest BCUT2D eigenvalue weighted by atomic mass is 16.6. The van der Waals surface area contributed by atoms with Gasteiger partial charge in [-0.3, -0.25) is 14.9 Å². The van der Waals surface area contributed by atoms with Crippen LogP contribution in [0.1, 0.15) is 11.6 Å². The van der Waals surface area contributed by atoms with Gasteiger partial charge in [0.25, 0.3) is 11.6 Å². The fourth-order valence-electron chi connectivity index (χ4n) is 1.97. The molecule has 24 heavy (non-hydrogen) atoms. The summed E-state index contributed by atoms with van der Waals surface area (Å²) >= 11 is 0. The van der Waals surface area contributed by atoms with Crippen LogP contribution in [0.3, 0.4) is 0 Å². The van der Waals surface area contributed by atoms with Crippen molar-refractivity contribution in [3.05, 3.63) is 70.3 Å². The molecule has 1 amide bonds. The molecule has 0 aliphatic rings. The summed E-state index contributed by atoms with van der Waals surface area (Å²) in [4.78, 5) is 33.3. The Kier molecular flexibility index (Phi) is 5.45. The number of amides is 1. The van der Waals surface area contributed by atoms with Gasteiger partial charge in [0.2, 0.25) is 0 Å². The van der Waals surface area contributed by atoms with Crippen LogP contribution in [0.15, 0.2) is 54.6 Å². The Morgan fingerprint density at radius 2 is 1.88 bits per heavy atom. The van der Waals surface area contributed by atoms with Gasteiger partial charge in [0, 0.05) is 6.07 Å². The minimum Gasteiger partial charge on any atom is -0.484 e. The van der Waals surface area contributed by atoms with Gasteiger partial charge in [0.1, 0.15) is 5.75 Å². The molecule has 0 bridgehead atoms. The molecule has 0 radical (unpaired) electrons. The summed E-state index contributed by atoms with van der Waals surface area (Å²) in [6.07, 6.45) is 0. The van der Waals surface area contributed by atoms with E-state index in [9.17, 15) is 24.8 Å². The highest BCUT2D eigenvalue weighted by molar-refractivity contribution is 5.85. The van der Waals surface area contributed by atoms with Crippen LogP contribution in [-0.4, -0.2) is 28.5 Å². The number of carboxylic acids is 1. The monoisotopic (exact) mass is 330 g/mol. The van der Waals surface area contributed by atoms with E-state index in [0.717, 1.165) is 0 Å². The zero-order valence-electron chi connectivity index (χ0n) is 12.4. The van der Waals surface area contributed by atoms with Crippen molar-refractivity contribution in [3.8, 4) is 5.75 Å². The molecule has 1 unspecified atom stereocenters. The molecule has 124 valence electrons. The van der Waals surface area contributed by atoms with Crippen molar-refractivity contribution in [2.75, 3.05) is 6.61 Å². The average molecular weight is 330 g/mol. The van der Waals surface area contributed by atoms with E-state index in [0.29, 0.717) is 5.56 Å². The molecule has 2 aromatic rings. The third-order valence-electron chi connectivity index (χ3n) is 3.08. The Morgan fingerprint density at radius 1 is 1.17 bits per heavy atom. The minimum absolute atomic E-state index is 0.144. The quantitative estimate of drug-likeness (QED) is 0.591. The summed E-state index contributed by atoms with van der Waals surface area (Å²) in [6, 6.07) is 12.4. The van der Waals surface area contributed by atoms with Gasteiger partial charge in [-0.1, -0.05) is 36.4 Å². The fourth-order valence-corrected chi connectivity index (χ4v) is 1.97. The number of nitro groups is 1. The lowest BCUT2D eigenvalue weighted by Gasteiger charge is -2.15. The zero-order chi connectivity index (χ0) is 17.5. The second kappa shape index (κ2) is 7.73. The smallest absolute Gasteiger partial charge is 0.330 e. The van der Waals surface area contributed by atoms with Gasteiger partial charge in [-0.05, 0) is 11.6 Å². The van der Waals surface area contributed by atoms with E-state index in [-0.39, 0.29) is 11.4 Å². The van der Waals surface area contributed by atoms with E-state index in [1.165, 1.54) is 24.3 Å². The Balaban J connectivity index is 1.98. The molecular formula is C16H14N2O6. The lowest BCUT2D eigenvalue weighted by Crippen LogP contribution is -2.36. The topological polar surface area (TPSA) is 119 Å². The van der Waals surface area contributed by atoms with Crippen molar-refractivity contribution in [2.24, 2.45) is 0 Å². The standard InChI is InChI=1S/C16H14N2O6/c19-14(10-24-13-8-4-7-12(9-13)18(22)23)17-15(16(20)21)11-5-2-1-3-6-11/h1-9,15H,10H2,(H,17,19)(H,20,21). The maximum atomic E-state index is 11.9. The van der Waals surface area contributed by atoms with Crippen LogP contribution in [-0.2, 0) is 9.59 Å². The molecule has 2 aromatic carbocycles. The lowest BCUT2D eigenvalue weighted by atomic mass is 10.1. The Labute approximate surface area is 136 Å². The number of hydrogen-bond acceptors (Lipinski definition) is 5. The van der Waals surface area contributed by atoms with Gasteiger partial charge in [-0.25, -0.2) is 4.79 Å². The maximum Gasteiger partial charge on any atom is 0.330 e. The van der Waals surface area contributed by atoms with E-state index in [1.807, 2.05) is 0 Å². The van der Waals surface area contributed by atoms with Crippen LogP contribution >= 0.6 is 0 Å². The van der Waals surface area contributed by atoms with Crippen LogP contribution in [0.2, 0.25) is 0 Å². The van der Waals surface area contributed by atoms with Gasteiger partial charge in [0.15, 0.2) is 12.6 Å². The molecule has 2 N–H and O–H groups in total. The molecule has 0 fully saturated rings. The number of rotatable bonds is 7. The highest BCUT2D eigenvalue weighted by Crippen LogP contribution is 2.19. The highest BCUT2D eigenvalue weighted by Gasteiger charge is 2.22. The first-order chi connectivity index (χ1) is 11.5. The lowest BCUT2D eigenvalue weighted by molar-refractivity contribution is -0.384. The third-order valence-corrected chi connectivity index (χ3v) is 3.08. The number of non-ortho nitro benzene ring substituents is 1. The number of nitro benzene ring substituents is 1. The number of aliphatic carboxylic acids is 1. The van der Waals surface area contributed by atoms with Crippen molar-refractivity contribution in [1.82, 2.24) is 5.32 Å². The van der Waals surface area contributed by atoms with Crippen LogP contribution in [0, 0.1) is 10.1 Å². The Morgan fingerprint density at radius 3 is 2.50 bits per heavy atom. The summed E-state index contributed by atoms with van der Waals surface area (Å²) in [7, 11) is 0. The third kappa shape index (κ3) is 4.54. The molecule has 8 heteroatoms.